The second-order valence-corrected chi connectivity index (χ2v) is 22.6. The summed E-state index contributed by atoms with van der Waals surface area (Å²) in [7, 11) is 0. The lowest BCUT2D eigenvalue weighted by atomic mass is 10.0. The van der Waals surface area contributed by atoms with Crippen LogP contribution < -0.4 is 0 Å². The van der Waals surface area contributed by atoms with Gasteiger partial charge in [0, 0.05) is 0 Å². The second-order valence-electron chi connectivity index (χ2n) is 16.8. The summed E-state index contributed by atoms with van der Waals surface area (Å²) in [5, 5.41) is 10.6. The summed E-state index contributed by atoms with van der Waals surface area (Å²) in [5.74, 6) is 5.48. The highest BCUT2D eigenvalue weighted by molar-refractivity contribution is 8.17. The monoisotopic (exact) mass is 833 g/mol. The molecule has 0 bridgehead atoms. The maximum atomic E-state index is 10.6. The van der Waals surface area contributed by atoms with Gasteiger partial charge in [-0.05, 0) is 74.4 Å². The molecular formula is C49H100OS4. The molecule has 0 heterocycles. The molecule has 0 fully saturated rings. The van der Waals surface area contributed by atoms with E-state index in [0.717, 1.165) is 22.0 Å². The van der Waals surface area contributed by atoms with E-state index in [0.29, 0.717) is 0 Å². The van der Waals surface area contributed by atoms with Crippen LogP contribution in [0, 0.1) is 0 Å². The fourth-order valence-electron chi connectivity index (χ4n) is 7.41. The molecule has 0 unspecified atom stereocenters. The Labute approximate surface area is 360 Å². The van der Waals surface area contributed by atoms with Gasteiger partial charge in [-0.15, -0.1) is 47.0 Å². The van der Waals surface area contributed by atoms with Crippen molar-refractivity contribution in [2.24, 2.45) is 0 Å². The Morgan fingerprint density at radius 2 is 0.463 bits per heavy atom. The fourth-order valence-corrected chi connectivity index (χ4v) is 13.2. The first kappa shape index (κ1) is 55.4. The Balaban J connectivity index is 4.03. The third-order valence-electron chi connectivity index (χ3n) is 11.2. The quantitative estimate of drug-likeness (QED) is 0.0485. The molecule has 0 radical (unpaired) electrons. The molecule has 0 saturated carbocycles. The van der Waals surface area contributed by atoms with Gasteiger partial charge in [-0.2, -0.15) is 0 Å². The van der Waals surface area contributed by atoms with Crippen molar-refractivity contribution in [2.75, 3.05) is 23.0 Å². The SMILES string of the molecule is CCCCCCCCSC(CCCCCCCC(O)CCCCCCCC(SCCCCCCCC)SCCCCCCCC)SCCCCCCCC. The van der Waals surface area contributed by atoms with Crippen LogP contribution in [-0.2, 0) is 0 Å². The molecule has 1 nitrogen and oxygen atoms in total. The predicted molar refractivity (Wildman–Crippen MR) is 262 cm³/mol. The minimum atomic E-state index is -0.0627. The number of thioether (sulfide) groups is 4. The van der Waals surface area contributed by atoms with Crippen molar-refractivity contribution in [2.45, 2.75) is 287 Å². The van der Waals surface area contributed by atoms with Gasteiger partial charge in [0.05, 0.1) is 15.3 Å². The number of unbranched alkanes of at least 4 members (excludes halogenated alkanes) is 28. The minimum absolute atomic E-state index is 0.0627. The molecule has 326 valence electrons. The molecule has 54 heavy (non-hydrogen) atoms. The molecule has 0 aromatic heterocycles. The molecule has 0 amide bonds. The van der Waals surface area contributed by atoms with Crippen molar-refractivity contribution in [3.05, 3.63) is 0 Å². The lowest BCUT2D eigenvalue weighted by molar-refractivity contribution is 0.147. The first-order valence-electron chi connectivity index (χ1n) is 24.8. The third kappa shape index (κ3) is 44.5. The molecule has 0 aromatic rings. The molecule has 0 aromatic carbocycles. The molecule has 0 atom stereocenters. The summed E-state index contributed by atoms with van der Waals surface area (Å²) in [4.78, 5) is 0. The first-order chi connectivity index (χ1) is 26.7. The highest BCUT2D eigenvalue weighted by atomic mass is 32.2. The summed E-state index contributed by atoms with van der Waals surface area (Å²) in [6.45, 7) is 9.27. The lowest BCUT2D eigenvalue weighted by Gasteiger charge is -2.17. The molecule has 0 saturated heterocycles. The molecule has 0 aliphatic heterocycles. The van der Waals surface area contributed by atoms with Crippen LogP contribution in [0.1, 0.15) is 272 Å². The highest BCUT2D eigenvalue weighted by Crippen LogP contribution is 2.32. The molecule has 5 heteroatoms. The average Bonchev–Trinajstić information content (AvgIpc) is 3.17. The van der Waals surface area contributed by atoms with Crippen LogP contribution in [0.4, 0.5) is 0 Å². The van der Waals surface area contributed by atoms with Gasteiger partial charge in [0.2, 0.25) is 0 Å². The molecule has 0 aliphatic rings. The lowest BCUT2D eigenvalue weighted by Crippen LogP contribution is -2.06. The van der Waals surface area contributed by atoms with Gasteiger partial charge in [-0.1, -0.05) is 220 Å². The van der Waals surface area contributed by atoms with Gasteiger partial charge in [-0.25, -0.2) is 0 Å². The molecule has 0 rings (SSSR count). The van der Waals surface area contributed by atoms with Crippen LogP contribution in [0.3, 0.4) is 0 Å². The Morgan fingerprint density at radius 3 is 0.722 bits per heavy atom. The van der Waals surface area contributed by atoms with Crippen molar-refractivity contribution < 1.29 is 5.11 Å². The summed E-state index contributed by atoms with van der Waals surface area (Å²) < 4.78 is 1.64. The zero-order valence-corrected chi connectivity index (χ0v) is 40.8. The van der Waals surface area contributed by atoms with E-state index in [4.69, 9.17) is 0 Å². The summed E-state index contributed by atoms with van der Waals surface area (Å²) in [5.41, 5.74) is 0. The predicted octanol–water partition coefficient (Wildman–Crippen LogP) is 18.8. The van der Waals surface area contributed by atoms with E-state index in [-0.39, 0.29) is 6.10 Å². The van der Waals surface area contributed by atoms with E-state index < -0.39 is 0 Å². The van der Waals surface area contributed by atoms with E-state index in [1.165, 1.54) is 254 Å². The third-order valence-corrected chi connectivity index (χ3v) is 17.3. The Bertz CT molecular complexity index is 574. The van der Waals surface area contributed by atoms with Gasteiger partial charge < -0.3 is 5.11 Å². The average molecular weight is 834 g/mol. The van der Waals surface area contributed by atoms with Gasteiger partial charge in [-0.3, -0.25) is 0 Å². The van der Waals surface area contributed by atoms with Crippen molar-refractivity contribution >= 4 is 47.0 Å². The molecule has 0 spiro atoms. The number of rotatable bonds is 48. The first-order valence-corrected chi connectivity index (χ1v) is 29.0. The molecule has 1 N–H and O–H groups in total. The van der Waals surface area contributed by atoms with E-state index in [1.807, 2.05) is 0 Å². The van der Waals surface area contributed by atoms with Crippen LogP contribution >= 0.6 is 47.0 Å². The van der Waals surface area contributed by atoms with Gasteiger partial charge in [0.1, 0.15) is 0 Å². The van der Waals surface area contributed by atoms with Gasteiger partial charge in [0.15, 0.2) is 0 Å². The summed E-state index contributed by atoms with van der Waals surface area (Å²) in [6.07, 6.45) is 52.2. The van der Waals surface area contributed by atoms with Crippen molar-refractivity contribution in [1.82, 2.24) is 0 Å². The Kier molecular flexibility index (Phi) is 50.0. The summed E-state index contributed by atoms with van der Waals surface area (Å²) >= 11 is 9.13. The maximum Gasteiger partial charge on any atom is 0.0540 e. The Morgan fingerprint density at radius 1 is 0.259 bits per heavy atom. The smallest absolute Gasteiger partial charge is 0.0540 e. The second kappa shape index (κ2) is 48.7. The van der Waals surface area contributed by atoms with Crippen LogP contribution in [0.15, 0.2) is 0 Å². The maximum absolute atomic E-state index is 10.6. The molecule has 0 aliphatic carbocycles. The van der Waals surface area contributed by atoms with Crippen LogP contribution in [0.2, 0.25) is 0 Å². The number of aliphatic hydroxyl groups is 1. The van der Waals surface area contributed by atoms with Crippen molar-refractivity contribution in [3.63, 3.8) is 0 Å². The summed E-state index contributed by atoms with van der Waals surface area (Å²) in [6, 6.07) is 0. The Hall–Kier alpha value is 1.36. The zero-order valence-electron chi connectivity index (χ0n) is 37.5. The van der Waals surface area contributed by atoms with E-state index >= 15 is 0 Å². The normalized spacial score (nSPS) is 12.0. The largest absolute Gasteiger partial charge is 0.393 e. The number of aliphatic hydroxyl groups excluding tert-OH is 1. The highest BCUT2D eigenvalue weighted by Gasteiger charge is 2.12. The number of hydrogen-bond donors (Lipinski definition) is 1. The van der Waals surface area contributed by atoms with Gasteiger partial charge in [0.25, 0.3) is 0 Å². The number of hydrogen-bond acceptors (Lipinski definition) is 5. The minimum Gasteiger partial charge on any atom is -0.393 e. The van der Waals surface area contributed by atoms with Crippen molar-refractivity contribution in [3.8, 4) is 0 Å². The standard InChI is InChI=1S/C49H100OS4/c1-5-9-13-17-27-35-43-51-48(52-44-36-28-18-14-10-6-2)41-33-25-21-23-31-39-47(50)40-32-24-22-26-34-42-49(53-45-37-29-19-15-11-7-3)54-46-38-30-20-16-12-8-4/h47-50H,5-46H2,1-4H3. The van der Waals surface area contributed by atoms with E-state index in [2.05, 4.69) is 74.7 Å². The zero-order chi connectivity index (χ0) is 39.3. The topological polar surface area (TPSA) is 20.2 Å². The van der Waals surface area contributed by atoms with Gasteiger partial charge >= 0.3 is 0 Å². The fraction of sp³-hybridized carbons (Fsp3) is 1.00. The van der Waals surface area contributed by atoms with E-state index in [1.54, 1.807) is 0 Å². The van der Waals surface area contributed by atoms with Crippen LogP contribution in [0.25, 0.3) is 0 Å². The van der Waals surface area contributed by atoms with Crippen LogP contribution in [0.5, 0.6) is 0 Å². The van der Waals surface area contributed by atoms with E-state index in [9.17, 15) is 5.11 Å². The van der Waals surface area contributed by atoms with Crippen LogP contribution in [-0.4, -0.2) is 43.4 Å². The van der Waals surface area contributed by atoms with Crippen molar-refractivity contribution in [1.29, 1.82) is 0 Å². The molecular weight excluding hydrogens is 733 g/mol.